The molecule has 21 nitrogen and oxygen atoms in total. The maximum absolute atomic E-state index is 11.8. The van der Waals surface area contributed by atoms with Crippen LogP contribution in [0.25, 0.3) is 0 Å². The average Bonchev–Trinajstić information content (AvgIpc) is 0.860. The molecule has 6 aromatic rings. The molecule has 0 amide bonds. The fourth-order valence-electron chi connectivity index (χ4n) is 13.8. The first-order valence-corrected chi connectivity index (χ1v) is 53.8. The Balaban J connectivity index is 0.000000225. The SMILES string of the molecule is [B]C1CC(CP(C)OCCC#N)C(COC(c2ccccc2)(c2ccc(OC)cc2)c2ccc(OC)cc2)O1.[B]C1CC(CS(=O)(=O)Cl)C(COC(c2ccccc2)(c2ccc(OC)cc2)c2ccc(OC)cc2)O1.[B]C1CC(O[Si](C)(C)C(C)(C)C)C(CCS(=O)(=O)Cl)O1.[B]C1CC(O[Si](C)(C)C(C)(C)C)C(COP(C)OCCC#N)O1. The van der Waals surface area contributed by atoms with E-state index in [1.165, 1.54) is 0 Å². The number of hydrogen-bond acceptors (Lipinski definition) is 21. The van der Waals surface area contributed by atoms with Crippen LogP contribution in [0.1, 0.15) is 120 Å². The molecule has 0 aromatic heterocycles. The molecule has 4 fully saturated rings. The minimum Gasteiger partial charge on any atom is -0.497 e. The van der Waals surface area contributed by atoms with Gasteiger partial charge in [0.25, 0.3) is 0 Å². The van der Waals surface area contributed by atoms with Crippen molar-refractivity contribution in [2.75, 3.05) is 92.5 Å². The monoisotopic (exact) mass is 1760 g/mol. The molecule has 4 saturated heterocycles. The molecule has 14 atom stereocenters. The van der Waals surface area contributed by atoms with Crippen LogP contribution in [0.2, 0.25) is 36.3 Å². The third kappa shape index (κ3) is 29.7. The first-order valence-electron chi connectivity index (χ1n) is 39.5. The number of methoxy groups -OCH3 is 4. The van der Waals surface area contributed by atoms with Crippen molar-refractivity contribution < 1.29 is 86.6 Å². The highest BCUT2D eigenvalue weighted by atomic mass is 35.7. The van der Waals surface area contributed by atoms with Crippen molar-refractivity contribution in [2.24, 2.45) is 11.8 Å². The van der Waals surface area contributed by atoms with Gasteiger partial charge in [0.15, 0.2) is 25.0 Å². The predicted molar refractivity (Wildman–Crippen MR) is 477 cm³/mol. The number of rotatable bonds is 36. The van der Waals surface area contributed by atoms with E-state index in [1.54, 1.807) is 28.4 Å². The van der Waals surface area contributed by atoms with Gasteiger partial charge in [0.05, 0.1) is 128 Å². The van der Waals surface area contributed by atoms with E-state index in [0.717, 1.165) is 57.5 Å². The molecule has 0 N–H and O–H groups in total. The lowest BCUT2D eigenvalue weighted by atomic mass is 9.80. The molecule has 4 aliphatic heterocycles. The summed E-state index contributed by atoms with van der Waals surface area (Å²) < 4.78 is 135. The second-order valence-corrected chi connectivity index (χ2v) is 51.0. The summed E-state index contributed by atoms with van der Waals surface area (Å²) in [7, 11) is 28.7. The molecule has 4 heterocycles. The highest BCUT2D eigenvalue weighted by Crippen LogP contribution is 2.48. The summed E-state index contributed by atoms with van der Waals surface area (Å²) in [6, 6.07) is 53.9. The Labute approximate surface area is 721 Å². The third-order valence-electron chi connectivity index (χ3n) is 22.0. The van der Waals surface area contributed by atoms with E-state index in [1.807, 2.05) is 158 Å². The van der Waals surface area contributed by atoms with Gasteiger partial charge < -0.3 is 69.8 Å². The van der Waals surface area contributed by atoms with Crippen LogP contribution < -0.4 is 18.9 Å². The van der Waals surface area contributed by atoms with Crippen LogP contribution in [0.4, 0.5) is 0 Å². The number of ether oxygens (including phenoxy) is 10. The van der Waals surface area contributed by atoms with E-state index in [0.29, 0.717) is 76.5 Å². The van der Waals surface area contributed by atoms with Gasteiger partial charge in [-0.1, -0.05) is 151 Å². The largest absolute Gasteiger partial charge is 0.497 e. The van der Waals surface area contributed by atoms with E-state index in [9.17, 15) is 16.8 Å². The Hall–Kier alpha value is -4.91. The standard InChI is InChI=1S/C31H35BNO5P.C27H28BClO6S.C15H29BNO4PSi.C12H24BClO4SSi/c1-34-27-14-10-25(11-15-27)31(24-8-5-4-6-9-24,26-12-16-28(35-2)17-13-26)36-21-29-23(20-30(32)38-29)22-39(3)37-19-7-18-33;1-32-23-12-8-21(9-13-23)27(20-6-4-3-5-7-20,22-10-14-24(33-2)15-11-22)34-17-25-19(16-26(28)35-25)18-36(29,30)31;1-15(2,3)23(5,6)21-12-10-14(16)20-13(12)11-19-22(4)18-9-7-8-17;1-12(2,3)20(4,5)18-10-8-11(13)17-9(10)6-7-19(14,15)16/h4-6,8-17,23,29-30H,7,19-22H2,1-3H3;3-15,19,25-26H,16-18H2,1-2H3;12-14H,7,9-11H2,1-6H3;9-11H,6-8H2,1-5H3. The summed E-state index contributed by atoms with van der Waals surface area (Å²) in [4.78, 5) is 0. The van der Waals surface area contributed by atoms with Crippen molar-refractivity contribution in [3.63, 3.8) is 0 Å². The molecule has 0 spiro atoms. The summed E-state index contributed by atoms with van der Waals surface area (Å²) in [5.41, 5.74) is 3.60. The molecule has 0 bridgehead atoms. The Morgan fingerprint density at radius 3 is 1.14 bits per heavy atom. The molecule has 0 saturated carbocycles. The van der Waals surface area contributed by atoms with Gasteiger partial charge in [-0.05, 0) is 169 Å². The van der Waals surface area contributed by atoms with E-state index in [4.69, 9.17) is 133 Å². The molecular weight excluding hydrogens is 1650 g/mol. The third-order valence-corrected chi connectivity index (χ3v) is 36.1. The molecule has 6 aromatic carbocycles. The summed E-state index contributed by atoms with van der Waals surface area (Å²) in [5.74, 6) is 2.42. The van der Waals surface area contributed by atoms with Gasteiger partial charge in [-0.2, -0.15) is 10.5 Å². The van der Waals surface area contributed by atoms with Crippen LogP contribution in [0.5, 0.6) is 23.0 Å². The maximum Gasteiger partial charge on any atom is 0.232 e. The zero-order chi connectivity index (χ0) is 86.9. The van der Waals surface area contributed by atoms with Crippen molar-refractivity contribution in [1.82, 2.24) is 0 Å². The number of hydrogen-bond donors (Lipinski definition) is 0. The van der Waals surface area contributed by atoms with Gasteiger partial charge in [0, 0.05) is 66.1 Å². The summed E-state index contributed by atoms with van der Waals surface area (Å²) in [6.45, 7) is 27.6. The number of nitriles is 2. The lowest BCUT2D eigenvalue weighted by molar-refractivity contribution is -0.0585. The Bertz CT molecular complexity index is 4230. The fourth-order valence-corrected chi connectivity index (χ4v) is 21.0. The minimum atomic E-state index is -3.74. The van der Waals surface area contributed by atoms with Crippen molar-refractivity contribution in [3.05, 3.63) is 191 Å². The zero-order valence-electron chi connectivity index (χ0n) is 71.0. The van der Waals surface area contributed by atoms with Gasteiger partial charge in [0.2, 0.25) is 18.1 Å². The van der Waals surface area contributed by atoms with Gasteiger partial charge in [-0.3, -0.25) is 0 Å². The minimum absolute atomic E-state index is 0.0339. The van der Waals surface area contributed by atoms with Crippen molar-refractivity contribution in [3.8, 4) is 35.1 Å². The zero-order valence-corrected chi connectivity index (χ0v) is 77.9. The van der Waals surface area contributed by atoms with Gasteiger partial charge in [0.1, 0.15) is 71.7 Å². The van der Waals surface area contributed by atoms with Crippen molar-refractivity contribution in [1.29, 1.82) is 10.5 Å². The normalized spacial score (nSPS) is 22.8. The number of halogens is 2. The quantitative estimate of drug-likeness (QED) is 0.0116. The average molecular weight is 1770 g/mol. The Morgan fingerprint density at radius 1 is 0.449 bits per heavy atom. The maximum atomic E-state index is 11.8. The second-order valence-electron chi connectivity index (χ2n) is 32.5. The van der Waals surface area contributed by atoms with Crippen LogP contribution in [-0.4, -0.2) is 218 Å². The summed E-state index contributed by atoms with van der Waals surface area (Å²) >= 11 is 0. The highest BCUT2D eigenvalue weighted by molar-refractivity contribution is 8.14. The van der Waals surface area contributed by atoms with Gasteiger partial charge in [-0.25, -0.2) is 16.8 Å². The lowest BCUT2D eigenvalue weighted by Crippen LogP contribution is -2.46. The smallest absolute Gasteiger partial charge is 0.232 e. The van der Waals surface area contributed by atoms with Crippen molar-refractivity contribution in [2.45, 2.75) is 195 Å². The van der Waals surface area contributed by atoms with Crippen molar-refractivity contribution >= 4 is 104 Å². The number of benzene rings is 6. The molecule has 10 rings (SSSR count). The topological polar surface area (TPSA) is 254 Å². The van der Waals surface area contributed by atoms with E-state index < -0.39 is 80.6 Å². The Morgan fingerprint density at radius 2 is 0.780 bits per heavy atom. The van der Waals surface area contributed by atoms with E-state index in [-0.39, 0.29) is 82.6 Å². The van der Waals surface area contributed by atoms with Crippen LogP contribution in [0, 0.1) is 34.5 Å². The number of nitrogens with zero attached hydrogens (tertiary/aromatic N) is 2. The first-order chi connectivity index (χ1) is 55.6. The molecule has 4 aliphatic rings. The van der Waals surface area contributed by atoms with E-state index >= 15 is 0 Å². The first kappa shape index (κ1) is 100. The Kier molecular flexibility index (Phi) is 39.2. The molecule has 14 unspecified atom stereocenters. The molecule has 8 radical (unpaired) electrons. The molecule has 0 aliphatic carbocycles. The van der Waals surface area contributed by atoms with Crippen LogP contribution >= 0.6 is 37.9 Å². The summed E-state index contributed by atoms with van der Waals surface area (Å²) in [6.07, 6.45) is 2.95. The molecule has 33 heteroatoms. The van der Waals surface area contributed by atoms with E-state index in [2.05, 4.69) is 92.6 Å². The molecule has 636 valence electrons. The van der Waals surface area contributed by atoms with Gasteiger partial charge >= 0.3 is 0 Å². The summed E-state index contributed by atoms with van der Waals surface area (Å²) in [5, 5.41) is 17.6. The van der Waals surface area contributed by atoms with Crippen LogP contribution in [0.3, 0.4) is 0 Å². The molecule has 118 heavy (non-hydrogen) atoms. The van der Waals surface area contributed by atoms with Crippen LogP contribution in [-0.2, 0) is 80.1 Å². The second kappa shape index (κ2) is 46.2. The van der Waals surface area contributed by atoms with Crippen LogP contribution in [0.15, 0.2) is 158 Å². The fraction of sp³-hybridized carbons (Fsp3) is 0.553. The highest BCUT2D eigenvalue weighted by Gasteiger charge is 2.48. The lowest BCUT2D eigenvalue weighted by Gasteiger charge is -2.39. The predicted octanol–water partition coefficient (Wildman–Crippen LogP) is 16.5. The molecular formula is C85H116B4Cl2N2O19P2S2Si2. The van der Waals surface area contributed by atoms with Gasteiger partial charge in [-0.15, -0.1) is 0 Å².